The molecule has 29 heavy (non-hydrogen) atoms. The monoisotopic (exact) mass is 397 g/mol. The molecule has 0 radical (unpaired) electrons. The summed E-state index contributed by atoms with van der Waals surface area (Å²) in [7, 11) is 1.58. The number of rotatable bonds is 6. The number of carbonyl (C=O) groups is 2. The van der Waals surface area contributed by atoms with E-state index in [9.17, 15) is 9.59 Å². The molecule has 1 N–H and O–H groups in total. The van der Waals surface area contributed by atoms with Gasteiger partial charge in [0.05, 0.1) is 7.11 Å². The highest BCUT2D eigenvalue weighted by Crippen LogP contribution is 2.15. The Morgan fingerprint density at radius 3 is 2.21 bits per heavy atom. The van der Waals surface area contributed by atoms with Gasteiger partial charge in [0.15, 0.2) is 0 Å². The van der Waals surface area contributed by atoms with E-state index >= 15 is 0 Å². The number of ether oxygens (including phenoxy) is 1. The molecule has 0 bridgehead atoms. The topological polar surface area (TPSA) is 87.7 Å². The Balaban J connectivity index is 1.61. The number of nitrogens with zero attached hydrogens (tertiary/aromatic N) is 4. The van der Waals surface area contributed by atoms with Gasteiger partial charge in [-0.3, -0.25) is 9.59 Å². The maximum Gasteiger partial charge on any atom is 0.251 e. The summed E-state index contributed by atoms with van der Waals surface area (Å²) in [6.07, 6.45) is 3.42. The highest BCUT2D eigenvalue weighted by Gasteiger charge is 2.31. The molecule has 8 heteroatoms. The van der Waals surface area contributed by atoms with Crippen LogP contribution in [0.15, 0.2) is 42.7 Å². The van der Waals surface area contributed by atoms with E-state index in [0.29, 0.717) is 43.4 Å². The molecule has 1 aliphatic rings. The molecule has 2 amide bonds. The molecule has 1 saturated heterocycles. The fraction of sp³-hybridized carbons (Fsp3) is 0.429. The summed E-state index contributed by atoms with van der Waals surface area (Å²) in [4.78, 5) is 38.1. The minimum absolute atomic E-state index is 0.0276. The van der Waals surface area contributed by atoms with Crippen molar-refractivity contribution in [3.05, 3.63) is 48.3 Å². The number of nitrogens with one attached hydrogen (secondary N) is 1. The van der Waals surface area contributed by atoms with Gasteiger partial charge in [-0.1, -0.05) is 13.8 Å². The Morgan fingerprint density at radius 1 is 1.03 bits per heavy atom. The van der Waals surface area contributed by atoms with Crippen LogP contribution in [0.1, 0.15) is 24.2 Å². The number of methoxy groups -OCH3 is 1. The minimum atomic E-state index is -0.580. The highest BCUT2D eigenvalue weighted by molar-refractivity contribution is 5.97. The number of aromatic nitrogens is 2. The number of piperazine rings is 1. The van der Waals surface area contributed by atoms with Crippen LogP contribution in [0.2, 0.25) is 0 Å². The summed E-state index contributed by atoms with van der Waals surface area (Å²) < 4.78 is 5.12. The third kappa shape index (κ3) is 5.01. The van der Waals surface area contributed by atoms with E-state index in [2.05, 4.69) is 20.2 Å². The van der Waals surface area contributed by atoms with Crippen molar-refractivity contribution in [1.82, 2.24) is 20.2 Å². The molecule has 1 aromatic heterocycles. The molecule has 1 aliphatic heterocycles. The van der Waals surface area contributed by atoms with Crippen molar-refractivity contribution >= 4 is 17.8 Å². The first-order valence-electron chi connectivity index (χ1n) is 9.75. The summed E-state index contributed by atoms with van der Waals surface area (Å²) in [5.74, 6) is 0.998. The molecule has 3 rings (SSSR count). The van der Waals surface area contributed by atoms with Gasteiger partial charge in [-0.2, -0.15) is 0 Å². The Labute approximate surface area is 170 Å². The average molecular weight is 397 g/mol. The van der Waals surface area contributed by atoms with Gasteiger partial charge in [0.25, 0.3) is 5.91 Å². The van der Waals surface area contributed by atoms with E-state index in [0.717, 1.165) is 0 Å². The zero-order valence-electron chi connectivity index (χ0n) is 17.0. The van der Waals surface area contributed by atoms with Crippen molar-refractivity contribution < 1.29 is 14.3 Å². The third-order valence-corrected chi connectivity index (χ3v) is 5.00. The molecule has 1 aromatic carbocycles. The molecule has 0 aliphatic carbocycles. The van der Waals surface area contributed by atoms with Crippen LogP contribution in [0.4, 0.5) is 5.95 Å². The van der Waals surface area contributed by atoms with Crippen LogP contribution >= 0.6 is 0 Å². The van der Waals surface area contributed by atoms with E-state index in [1.807, 2.05) is 13.8 Å². The first-order valence-corrected chi connectivity index (χ1v) is 9.75. The van der Waals surface area contributed by atoms with Gasteiger partial charge in [-0.15, -0.1) is 0 Å². The largest absolute Gasteiger partial charge is 0.497 e. The lowest BCUT2D eigenvalue weighted by Gasteiger charge is -2.37. The standard InChI is InChI=1S/C21H27N5O3/c1-15(2)18(24-19(27)16-5-7-17(29-3)8-6-16)20(28)25-11-13-26(14-12-25)21-22-9-4-10-23-21/h4-10,15,18H,11-14H2,1-3H3,(H,24,27). The van der Waals surface area contributed by atoms with E-state index in [4.69, 9.17) is 4.74 Å². The second-order valence-corrected chi connectivity index (χ2v) is 7.28. The molecule has 154 valence electrons. The molecule has 8 nitrogen and oxygen atoms in total. The SMILES string of the molecule is COc1ccc(C(=O)NC(C(=O)N2CCN(c3ncccn3)CC2)C(C)C)cc1. The number of hydrogen-bond donors (Lipinski definition) is 1. The van der Waals surface area contributed by atoms with Gasteiger partial charge in [-0.05, 0) is 36.2 Å². The zero-order valence-corrected chi connectivity index (χ0v) is 17.0. The lowest BCUT2D eigenvalue weighted by molar-refractivity contribution is -0.134. The van der Waals surface area contributed by atoms with Gasteiger partial charge in [0.2, 0.25) is 11.9 Å². The highest BCUT2D eigenvalue weighted by atomic mass is 16.5. The fourth-order valence-electron chi connectivity index (χ4n) is 3.26. The molecule has 1 unspecified atom stereocenters. The quantitative estimate of drug-likeness (QED) is 0.797. The number of benzene rings is 1. The van der Waals surface area contributed by atoms with E-state index in [1.165, 1.54) is 0 Å². The molecular weight excluding hydrogens is 370 g/mol. The summed E-state index contributed by atoms with van der Waals surface area (Å²) in [6.45, 7) is 6.33. The average Bonchev–Trinajstić information content (AvgIpc) is 2.77. The predicted molar refractivity (Wildman–Crippen MR) is 110 cm³/mol. The number of amides is 2. The molecule has 0 saturated carbocycles. The smallest absolute Gasteiger partial charge is 0.251 e. The van der Waals surface area contributed by atoms with Crippen molar-refractivity contribution in [3.8, 4) is 5.75 Å². The Hall–Kier alpha value is -3.16. The van der Waals surface area contributed by atoms with Crippen molar-refractivity contribution in [1.29, 1.82) is 0 Å². The van der Waals surface area contributed by atoms with Crippen LogP contribution in [0, 0.1) is 5.92 Å². The molecular formula is C21H27N5O3. The number of anilines is 1. The summed E-state index contributed by atoms with van der Waals surface area (Å²) in [6, 6.07) is 8.03. The van der Waals surface area contributed by atoms with Crippen LogP contribution in [0.3, 0.4) is 0 Å². The predicted octanol–water partition coefficient (Wildman–Crippen LogP) is 1.59. The molecule has 2 heterocycles. The van der Waals surface area contributed by atoms with Crippen LogP contribution in [-0.2, 0) is 4.79 Å². The van der Waals surface area contributed by atoms with Gasteiger partial charge >= 0.3 is 0 Å². The van der Waals surface area contributed by atoms with Crippen molar-refractivity contribution in [3.63, 3.8) is 0 Å². The normalized spacial score (nSPS) is 15.2. The van der Waals surface area contributed by atoms with E-state index in [1.54, 1.807) is 54.7 Å². The Morgan fingerprint density at radius 2 is 1.66 bits per heavy atom. The zero-order chi connectivity index (χ0) is 20.8. The second-order valence-electron chi connectivity index (χ2n) is 7.28. The molecule has 1 fully saturated rings. The van der Waals surface area contributed by atoms with Gasteiger partial charge in [0.1, 0.15) is 11.8 Å². The maximum atomic E-state index is 13.1. The molecule has 0 spiro atoms. The molecule has 2 aromatic rings. The number of hydrogen-bond acceptors (Lipinski definition) is 6. The van der Waals surface area contributed by atoms with Crippen LogP contribution in [0.5, 0.6) is 5.75 Å². The summed E-state index contributed by atoms with van der Waals surface area (Å²) >= 11 is 0. The van der Waals surface area contributed by atoms with Gasteiger partial charge < -0.3 is 19.9 Å². The number of carbonyl (C=O) groups excluding carboxylic acids is 2. The fourth-order valence-corrected chi connectivity index (χ4v) is 3.26. The van der Waals surface area contributed by atoms with E-state index < -0.39 is 6.04 Å². The van der Waals surface area contributed by atoms with Crippen LogP contribution < -0.4 is 15.0 Å². The minimum Gasteiger partial charge on any atom is -0.497 e. The van der Waals surface area contributed by atoms with Crippen LogP contribution in [-0.4, -0.2) is 66.0 Å². The molecule has 1 atom stereocenters. The lowest BCUT2D eigenvalue weighted by Crippen LogP contribution is -2.56. The van der Waals surface area contributed by atoms with Crippen molar-refractivity contribution in [2.24, 2.45) is 5.92 Å². The van der Waals surface area contributed by atoms with Crippen LogP contribution in [0.25, 0.3) is 0 Å². The maximum absolute atomic E-state index is 13.1. The van der Waals surface area contributed by atoms with Gasteiger partial charge in [0, 0.05) is 44.1 Å². The Bertz CT molecular complexity index is 818. The van der Waals surface area contributed by atoms with Crippen molar-refractivity contribution in [2.45, 2.75) is 19.9 Å². The third-order valence-electron chi connectivity index (χ3n) is 5.00. The first kappa shape index (κ1) is 20.6. The Kier molecular flexibility index (Phi) is 6.64. The van der Waals surface area contributed by atoms with Crippen molar-refractivity contribution in [2.75, 3.05) is 38.2 Å². The second kappa shape index (κ2) is 9.36. The van der Waals surface area contributed by atoms with E-state index in [-0.39, 0.29) is 17.7 Å². The lowest BCUT2D eigenvalue weighted by atomic mass is 10.0. The summed E-state index contributed by atoms with van der Waals surface area (Å²) in [5.41, 5.74) is 0.496. The summed E-state index contributed by atoms with van der Waals surface area (Å²) in [5, 5.41) is 2.90. The van der Waals surface area contributed by atoms with Gasteiger partial charge in [-0.25, -0.2) is 9.97 Å². The first-order chi connectivity index (χ1) is 14.0.